The lowest BCUT2D eigenvalue weighted by Crippen LogP contribution is -2.47. The molecule has 0 unspecified atom stereocenters. The molecular formula is C17H26N2O4. The summed E-state index contributed by atoms with van der Waals surface area (Å²) < 4.78 is 10.8. The topological polar surface area (TPSA) is 90.7 Å². The van der Waals surface area contributed by atoms with Gasteiger partial charge < -0.3 is 20.5 Å². The standard InChI is InChI=1S/C17H26N2O4/c1-11-6-7-14(12(2)10-11)22-9-8-13(15(18)20)19-16(21)23-17(3,4)5/h6-7,10,13H,8-9H2,1-5H3,(H2,18,20)(H,19,21)/t13-/m1/s1. The van der Waals surface area contributed by atoms with Crippen molar-refractivity contribution >= 4 is 12.0 Å². The lowest BCUT2D eigenvalue weighted by molar-refractivity contribution is -0.120. The fraction of sp³-hybridized carbons (Fsp3) is 0.529. The molecule has 0 heterocycles. The maximum absolute atomic E-state index is 11.7. The zero-order valence-corrected chi connectivity index (χ0v) is 14.4. The predicted octanol–water partition coefficient (Wildman–Crippen LogP) is 2.45. The van der Waals surface area contributed by atoms with E-state index in [1.165, 1.54) is 0 Å². The summed E-state index contributed by atoms with van der Waals surface area (Å²) in [4.78, 5) is 23.2. The van der Waals surface area contributed by atoms with Crippen LogP contribution in [0.15, 0.2) is 18.2 Å². The van der Waals surface area contributed by atoms with Gasteiger partial charge in [0.05, 0.1) is 6.61 Å². The maximum Gasteiger partial charge on any atom is 0.408 e. The van der Waals surface area contributed by atoms with Crippen molar-refractivity contribution in [3.63, 3.8) is 0 Å². The van der Waals surface area contributed by atoms with Gasteiger partial charge in [0.25, 0.3) is 0 Å². The molecule has 1 atom stereocenters. The Morgan fingerprint density at radius 1 is 1.26 bits per heavy atom. The SMILES string of the molecule is Cc1ccc(OCC[C@@H](NC(=O)OC(C)(C)C)C(N)=O)c(C)c1. The second kappa shape index (κ2) is 7.85. The number of carbonyl (C=O) groups is 2. The summed E-state index contributed by atoms with van der Waals surface area (Å²) in [5, 5.41) is 2.47. The van der Waals surface area contributed by atoms with Crippen LogP contribution in [0.5, 0.6) is 5.75 Å². The summed E-state index contributed by atoms with van der Waals surface area (Å²) >= 11 is 0. The van der Waals surface area contributed by atoms with Crippen LogP contribution in [0, 0.1) is 13.8 Å². The highest BCUT2D eigenvalue weighted by Crippen LogP contribution is 2.19. The van der Waals surface area contributed by atoms with E-state index in [2.05, 4.69) is 5.32 Å². The Hall–Kier alpha value is -2.24. The van der Waals surface area contributed by atoms with Gasteiger partial charge in [-0.15, -0.1) is 0 Å². The summed E-state index contributed by atoms with van der Waals surface area (Å²) in [6.07, 6.45) is -0.408. The van der Waals surface area contributed by atoms with Crippen LogP contribution in [-0.2, 0) is 9.53 Å². The van der Waals surface area contributed by atoms with Gasteiger partial charge in [0, 0.05) is 6.42 Å². The monoisotopic (exact) mass is 322 g/mol. The van der Waals surface area contributed by atoms with E-state index in [0.717, 1.165) is 16.9 Å². The highest BCUT2D eigenvalue weighted by molar-refractivity contribution is 5.84. The van der Waals surface area contributed by atoms with Crippen molar-refractivity contribution in [2.45, 2.75) is 52.7 Å². The molecule has 0 radical (unpaired) electrons. The molecule has 0 fully saturated rings. The Morgan fingerprint density at radius 2 is 1.91 bits per heavy atom. The quantitative estimate of drug-likeness (QED) is 0.841. The van der Waals surface area contributed by atoms with E-state index in [4.69, 9.17) is 15.2 Å². The van der Waals surface area contributed by atoms with Gasteiger partial charge in [0.15, 0.2) is 0 Å². The zero-order valence-electron chi connectivity index (χ0n) is 14.4. The molecule has 3 N–H and O–H groups in total. The number of nitrogens with one attached hydrogen (secondary N) is 1. The Morgan fingerprint density at radius 3 is 2.43 bits per heavy atom. The Balaban J connectivity index is 2.53. The maximum atomic E-state index is 11.7. The van der Waals surface area contributed by atoms with Gasteiger partial charge in [-0.3, -0.25) is 4.79 Å². The molecule has 0 aromatic heterocycles. The van der Waals surface area contributed by atoms with E-state index in [1.807, 2.05) is 32.0 Å². The number of benzene rings is 1. The van der Waals surface area contributed by atoms with Crippen LogP contribution in [0.1, 0.15) is 38.3 Å². The molecule has 6 heteroatoms. The van der Waals surface area contributed by atoms with Crippen molar-refractivity contribution < 1.29 is 19.1 Å². The van der Waals surface area contributed by atoms with Crippen molar-refractivity contribution in [2.75, 3.05) is 6.61 Å². The van der Waals surface area contributed by atoms with Crippen LogP contribution >= 0.6 is 0 Å². The van der Waals surface area contributed by atoms with E-state index in [0.29, 0.717) is 0 Å². The molecule has 1 aromatic carbocycles. The van der Waals surface area contributed by atoms with Crippen molar-refractivity contribution in [3.05, 3.63) is 29.3 Å². The highest BCUT2D eigenvalue weighted by atomic mass is 16.6. The molecule has 2 amide bonds. The number of ether oxygens (including phenoxy) is 2. The Bertz CT molecular complexity index is 564. The Kier molecular flexibility index (Phi) is 6.42. The van der Waals surface area contributed by atoms with Crippen LogP contribution in [0.3, 0.4) is 0 Å². The molecule has 23 heavy (non-hydrogen) atoms. The molecule has 0 aliphatic rings. The van der Waals surface area contributed by atoms with Gasteiger partial charge in [-0.1, -0.05) is 17.7 Å². The number of rotatable bonds is 6. The van der Waals surface area contributed by atoms with Crippen LogP contribution in [0.2, 0.25) is 0 Å². The van der Waals surface area contributed by atoms with Gasteiger partial charge in [0.2, 0.25) is 5.91 Å². The van der Waals surface area contributed by atoms with Crippen molar-refractivity contribution in [1.82, 2.24) is 5.32 Å². The molecule has 0 bridgehead atoms. The van der Waals surface area contributed by atoms with Crippen molar-refractivity contribution in [1.29, 1.82) is 0 Å². The second-order valence-corrected chi connectivity index (χ2v) is 6.51. The van der Waals surface area contributed by atoms with E-state index < -0.39 is 23.6 Å². The zero-order chi connectivity index (χ0) is 17.6. The van der Waals surface area contributed by atoms with E-state index in [9.17, 15) is 9.59 Å². The van der Waals surface area contributed by atoms with Crippen molar-refractivity contribution in [3.8, 4) is 5.75 Å². The lowest BCUT2D eigenvalue weighted by atomic mass is 10.1. The summed E-state index contributed by atoms with van der Waals surface area (Å²) in [5.41, 5.74) is 6.84. The average molecular weight is 322 g/mol. The number of primary amides is 1. The molecule has 1 aromatic rings. The molecule has 0 saturated carbocycles. The number of nitrogens with two attached hydrogens (primary N) is 1. The number of alkyl carbamates (subject to hydrolysis) is 1. The normalized spacial score (nSPS) is 12.4. The van der Waals surface area contributed by atoms with Gasteiger partial charge in [-0.05, 0) is 46.2 Å². The first kappa shape index (κ1) is 18.8. The van der Waals surface area contributed by atoms with E-state index in [-0.39, 0.29) is 13.0 Å². The smallest absolute Gasteiger partial charge is 0.408 e. The largest absolute Gasteiger partial charge is 0.493 e. The minimum Gasteiger partial charge on any atom is -0.493 e. The number of hydrogen-bond acceptors (Lipinski definition) is 4. The summed E-state index contributed by atoms with van der Waals surface area (Å²) in [5.74, 6) is 0.121. The molecule has 0 saturated heterocycles. The van der Waals surface area contributed by atoms with Crippen LogP contribution in [-0.4, -0.2) is 30.3 Å². The Labute approximate surface area is 137 Å². The molecule has 0 aliphatic heterocycles. The molecular weight excluding hydrogens is 296 g/mol. The van der Waals surface area contributed by atoms with Gasteiger partial charge >= 0.3 is 6.09 Å². The fourth-order valence-corrected chi connectivity index (χ4v) is 1.98. The molecule has 0 aliphatic carbocycles. The number of amides is 2. The first-order valence-corrected chi connectivity index (χ1v) is 7.57. The molecule has 0 spiro atoms. The lowest BCUT2D eigenvalue weighted by Gasteiger charge is -2.22. The van der Waals surface area contributed by atoms with Gasteiger partial charge in [0.1, 0.15) is 17.4 Å². The van der Waals surface area contributed by atoms with Gasteiger partial charge in [-0.25, -0.2) is 4.79 Å². The predicted molar refractivity (Wildman–Crippen MR) is 88.4 cm³/mol. The number of carbonyl (C=O) groups excluding carboxylic acids is 2. The summed E-state index contributed by atoms with van der Waals surface area (Å²) in [6, 6.07) is 5.01. The second-order valence-electron chi connectivity index (χ2n) is 6.51. The van der Waals surface area contributed by atoms with Crippen LogP contribution in [0.4, 0.5) is 4.79 Å². The van der Waals surface area contributed by atoms with Crippen LogP contribution < -0.4 is 15.8 Å². The first-order chi connectivity index (χ1) is 10.6. The number of hydrogen-bond donors (Lipinski definition) is 2. The molecule has 6 nitrogen and oxygen atoms in total. The first-order valence-electron chi connectivity index (χ1n) is 7.57. The fourth-order valence-electron chi connectivity index (χ4n) is 1.98. The average Bonchev–Trinajstić information content (AvgIpc) is 2.37. The van der Waals surface area contributed by atoms with Crippen molar-refractivity contribution in [2.24, 2.45) is 5.73 Å². The van der Waals surface area contributed by atoms with Gasteiger partial charge in [-0.2, -0.15) is 0 Å². The molecule has 1 rings (SSSR count). The third kappa shape index (κ3) is 7.04. The minimum atomic E-state index is -0.837. The third-order valence-corrected chi connectivity index (χ3v) is 3.03. The highest BCUT2D eigenvalue weighted by Gasteiger charge is 2.22. The summed E-state index contributed by atoms with van der Waals surface area (Å²) in [7, 11) is 0. The molecule has 128 valence electrons. The van der Waals surface area contributed by atoms with E-state index in [1.54, 1.807) is 20.8 Å². The summed E-state index contributed by atoms with van der Waals surface area (Å²) in [6.45, 7) is 9.45. The number of aryl methyl sites for hydroxylation is 2. The van der Waals surface area contributed by atoms with Crippen LogP contribution in [0.25, 0.3) is 0 Å². The third-order valence-electron chi connectivity index (χ3n) is 3.03. The van der Waals surface area contributed by atoms with E-state index >= 15 is 0 Å². The minimum absolute atomic E-state index is 0.257.